The molecule has 0 bridgehead atoms. The van der Waals surface area contributed by atoms with E-state index in [4.69, 9.17) is 10.5 Å². The minimum absolute atomic E-state index is 0.0371. The molecule has 0 saturated heterocycles. The van der Waals surface area contributed by atoms with Gasteiger partial charge in [0.15, 0.2) is 0 Å². The molecule has 0 aliphatic rings. The predicted molar refractivity (Wildman–Crippen MR) is 61.8 cm³/mol. The Kier molecular flexibility index (Phi) is 8.43. The van der Waals surface area contributed by atoms with Gasteiger partial charge in [-0.2, -0.15) is 0 Å². The van der Waals surface area contributed by atoms with Gasteiger partial charge >= 0.3 is 0 Å². The van der Waals surface area contributed by atoms with E-state index in [0.717, 1.165) is 12.2 Å². The van der Waals surface area contributed by atoms with Crippen LogP contribution in [0.2, 0.25) is 0 Å². The molecular formula is C10H23NO2S. The number of nitrogens with two attached hydrogens (primary N) is 1. The first-order valence-electron chi connectivity index (χ1n) is 5.30. The van der Waals surface area contributed by atoms with E-state index < -0.39 is 10.8 Å². The van der Waals surface area contributed by atoms with Crippen LogP contribution in [0.5, 0.6) is 0 Å². The zero-order chi connectivity index (χ0) is 11.0. The summed E-state index contributed by atoms with van der Waals surface area (Å²) >= 11 is 0. The quantitative estimate of drug-likeness (QED) is 0.669. The van der Waals surface area contributed by atoms with Gasteiger partial charge in [-0.25, -0.2) is 0 Å². The van der Waals surface area contributed by atoms with Crippen molar-refractivity contribution < 1.29 is 8.95 Å². The zero-order valence-corrected chi connectivity index (χ0v) is 10.3. The Hall–Kier alpha value is 0.0700. The highest BCUT2D eigenvalue weighted by Gasteiger charge is 2.12. The number of hydrogen-bond donors (Lipinski definition) is 1. The smallest absolute Gasteiger partial charge is 0.0812 e. The van der Waals surface area contributed by atoms with Crippen molar-refractivity contribution in [1.82, 2.24) is 0 Å². The highest BCUT2D eigenvalue weighted by atomic mass is 32.2. The molecule has 0 heterocycles. The molecule has 0 radical (unpaired) electrons. The molecule has 0 aromatic heterocycles. The Morgan fingerprint density at radius 3 is 2.43 bits per heavy atom. The van der Waals surface area contributed by atoms with Crippen LogP contribution in [-0.2, 0) is 15.5 Å². The molecule has 86 valence electrons. The van der Waals surface area contributed by atoms with E-state index in [0.29, 0.717) is 24.8 Å². The Morgan fingerprint density at radius 1 is 1.36 bits per heavy atom. The third-order valence-corrected chi connectivity index (χ3v) is 3.89. The van der Waals surface area contributed by atoms with Crippen molar-refractivity contribution >= 4 is 10.8 Å². The minimum Gasteiger partial charge on any atom is -0.376 e. The van der Waals surface area contributed by atoms with Crippen LogP contribution in [0, 0.1) is 5.92 Å². The van der Waals surface area contributed by atoms with Crippen molar-refractivity contribution in [3.63, 3.8) is 0 Å². The summed E-state index contributed by atoms with van der Waals surface area (Å²) < 4.78 is 17.0. The molecule has 14 heavy (non-hydrogen) atoms. The highest BCUT2D eigenvalue weighted by Crippen LogP contribution is 2.04. The molecule has 0 aliphatic carbocycles. The predicted octanol–water partition coefficient (Wildman–Crippen LogP) is 1.14. The first kappa shape index (κ1) is 14.1. The maximum Gasteiger partial charge on any atom is 0.0812 e. The summed E-state index contributed by atoms with van der Waals surface area (Å²) in [5.74, 6) is 1.87. The van der Waals surface area contributed by atoms with E-state index in [1.807, 2.05) is 6.92 Å². The highest BCUT2D eigenvalue weighted by molar-refractivity contribution is 7.85. The number of rotatable bonds is 8. The SMILES string of the molecule is CCOC(CN)CS(=O)CC(C)CC. The van der Waals surface area contributed by atoms with Gasteiger partial charge in [-0.1, -0.05) is 20.3 Å². The Labute approximate surface area is 89.9 Å². The standard InChI is InChI=1S/C10H23NO2S/c1-4-9(3)7-14(12)8-10(6-11)13-5-2/h9-10H,4-8,11H2,1-3H3. The van der Waals surface area contributed by atoms with E-state index in [-0.39, 0.29) is 6.10 Å². The van der Waals surface area contributed by atoms with Crippen LogP contribution in [0.4, 0.5) is 0 Å². The average Bonchev–Trinajstić information content (AvgIpc) is 2.16. The van der Waals surface area contributed by atoms with Crippen LogP contribution >= 0.6 is 0 Å². The molecule has 0 saturated carbocycles. The molecule has 0 aliphatic heterocycles. The fourth-order valence-electron chi connectivity index (χ4n) is 1.13. The second kappa shape index (κ2) is 8.38. The second-order valence-corrected chi connectivity index (χ2v) is 5.15. The number of ether oxygens (including phenoxy) is 1. The molecule has 3 nitrogen and oxygen atoms in total. The lowest BCUT2D eigenvalue weighted by atomic mass is 10.2. The van der Waals surface area contributed by atoms with Gasteiger partial charge in [0.2, 0.25) is 0 Å². The lowest BCUT2D eigenvalue weighted by molar-refractivity contribution is 0.0852. The van der Waals surface area contributed by atoms with Gasteiger partial charge < -0.3 is 10.5 Å². The summed E-state index contributed by atoms with van der Waals surface area (Å²) in [5, 5.41) is 0. The second-order valence-electron chi connectivity index (χ2n) is 3.60. The molecule has 0 aromatic carbocycles. The third-order valence-electron chi connectivity index (χ3n) is 2.20. The molecule has 4 heteroatoms. The topological polar surface area (TPSA) is 52.3 Å². The maximum absolute atomic E-state index is 11.6. The first-order valence-corrected chi connectivity index (χ1v) is 6.79. The summed E-state index contributed by atoms with van der Waals surface area (Å²) in [6.45, 7) is 7.27. The normalized spacial score (nSPS) is 17.7. The Balaban J connectivity index is 3.78. The average molecular weight is 221 g/mol. The largest absolute Gasteiger partial charge is 0.376 e. The third kappa shape index (κ3) is 6.51. The zero-order valence-electron chi connectivity index (χ0n) is 9.49. The molecule has 3 unspecified atom stereocenters. The summed E-state index contributed by atoms with van der Waals surface area (Å²) in [4.78, 5) is 0. The molecule has 0 amide bonds. The Morgan fingerprint density at radius 2 is 2.00 bits per heavy atom. The minimum atomic E-state index is -0.786. The molecule has 2 N–H and O–H groups in total. The van der Waals surface area contributed by atoms with Gasteiger partial charge in [0.05, 0.1) is 11.9 Å². The van der Waals surface area contributed by atoms with Crippen LogP contribution in [0.15, 0.2) is 0 Å². The van der Waals surface area contributed by atoms with Crippen LogP contribution in [0.3, 0.4) is 0 Å². The van der Waals surface area contributed by atoms with Crippen molar-refractivity contribution in [3.8, 4) is 0 Å². The van der Waals surface area contributed by atoms with E-state index in [1.54, 1.807) is 0 Å². The summed E-state index contributed by atoms with van der Waals surface area (Å²) in [5.41, 5.74) is 5.51. The van der Waals surface area contributed by atoms with Crippen molar-refractivity contribution in [2.75, 3.05) is 24.7 Å². The molecule has 0 spiro atoms. The van der Waals surface area contributed by atoms with Gasteiger partial charge in [0.25, 0.3) is 0 Å². The van der Waals surface area contributed by atoms with Crippen LogP contribution in [0.25, 0.3) is 0 Å². The van der Waals surface area contributed by atoms with Crippen LogP contribution in [0.1, 0.15) is 27.2 Å². The first-order chi connectivity index (χ1) is 6.63. The van der Waals surface area contributed by atoms with Gasteiger partial charge in [-0.15, -0.1) is 0 Å². The lowest BCUT2D eigenvalue weighted by Gasteiger charge is -2.15. The van der Waals surface area contributed by atoms with E-state index in [1.165, 1.54) is 0 Å². The van der Waals surface area contributed by atoms with Crippen LogP contribution < -0.4 is 5.73 Å². The number of hydrogen-bond acceptors (Lipinski definition) is 3. The fourth-order valence-corrected chi connectivity index (χ4v) is 2.78. The Bertz CT molecular complexity index is 164. The monoisotopic (exact) mass is 221 g/mol. The molecule has 0 rings (SSSR count). The lowest BCUT2D eigenvalue weighted by Crippen LogP contribution is -2.31. The molecular weight excluding hydrogens is 198 g/mol. The van der Waals surface area contributed by atoms with Gasteiger partial charge in [0, 0.05) is 29.7 Å². The van der Waals surface area contributed by atoms with Crippen molar-refractivity contribution in [2.45, 2.75) is 33.3 Å². The molecule has 0 fully saturated rings. The van der Waals surface area contributed by atoms with Gasteiger partial charge in [-0.05, 0) is 12.8 Å². The fraction of sp³-hybridized carbons (Fsp3) is 1.00. The van der Waals surface area contributed by atoms with Gasteiger partial charge in [0.1, 0.15) is 0 Å². The molecule has 3 atom stereocenters. The van der Waals surface area contributed by atoms with Crippen LogP contribution in [-0.4, -0.2) is 35.0 Å². The molecule has 0 aromatic rings. The van der Waals surface area contributed by atoms with Crippen molar-refractivity contribution in [3.05, 3.63) is 0 Å². The summed E-state index contributed by atoms with van der Waals surface area (Å²) in [6.07, 6.45) is 1.04. The van der Waals surface area contributed by atoms with Gasteiger partial charge in [-0.3, -0.25) is 4.21 Å². The van der Waals surface area contributed by atoms with E-state index in [9.17, 15) is 4.21 Å². The van der Waals surface area contributed by atoms with Crippen molar-refractivity contribution in [2.24, 2.45) is 11.7 Å². The van der Waals surface area contributed by atoms with Crippen molar-refractivity contribution in [1.29, 1.82) is 0 Å². The summed E-state index contributed by atoms with van der Waals surface area (Å²) in [7, 11) is -0.786. The van der Waals surface area contributed by atoms with E-state index >= 15 is 0 Å². The maximum atomic E-state index is 11.6. The van der Waals surface area contributed by atoms with E-state index in [2.05, 4.69) is 13.8 Å². The summed E-state index contributed by atoms with van der Waals surface area (Å²) in [6, 6.07) is 0.